The van der Waals surface area contributed by atoms with Crippen LogP contribution in [0.3, 0.4) is 0 Å². The fraction of sp³-hybridized carbons (Fsp3) is 0.211. The van der Waals surface area contributed by atoms with Gasteiger partial charge in [-0.15, -0.1) is 0 Å². The lowest BCUT2D eigenvalue weighted by Crippen LogP contribution is -2.11. The van der Waals surface area contributed by atoms with Crippen LogP contribution in [-0.2, 0) is 16.1 Å². The summed E-state index contributed by atoms with van der Waals surface area (Å²) >= 11 is 0. The molecule has 7 heteroatoms. The molecule has 136 valence electrons. The second-order valence-electron chi connectivity index (χ2n) is 5.90. The van der Waals surface area contributed by atoms with E-state index in [0.29, 0.717) is 6.61 Å². The van der Waals surface area contributed by atoms with E-state index in [1.807, 2.05) is 18.3 Å². The van der Waals surface area contributed by atoms with Gasteiger partial charge in [0, 0.05) is 43.6 Å². The number of benzene rings is 1. The topological polar surface area (TPSA) is 92.9 Å². The molecule has 4 aromatic rings. The van der Waals surface area contributed by atoms with Gasteiger partial charge < -0.3 is 14.5 Å². The van der Waals surface area contributed by atoms with Crippen molar-refractivity contribution >= 4 is 27.8 Å². The molecule has 0 saturated carbocycles. The number of pyridine rings is 1. The molecule has 4 rings (SSSR count). The molecule has 0 radical (unpaired) electrons. The van der Waals surface area contributed by atoms with Crippen LogP contribution >= 0.6 is 0 Å². The summed E-state index contributed by atoms with van der Waals surface area (Å²) in [5.41, 5.74) is 4.85. The van der Waals surface area contributed by atoms with Gasteiger partial charge in [0.1, 0.15) is 0 Å². The Morgan fingerprint density at radius 1 is 1.23 bits per heavy atom. The van der Waals surface area contributed by atoms with Crippen molar-refractivity contribution in [3.63, 3.8) is 0 Å². The molecule has 0 spiro atoms. The Kier molecular flexibility index (Phi) is 4.14. The molecule has 3 aromatic heterocycles. The van der Waals surface area contributed by atoms with Crippen molar-refractivity contribution < 1.29 is 17.1 Å². The van der Waals surface area contributed by atoms with Crippen molar-refractivity contribution in [3.05, 3.63) is 48.0 Å². The number of hydrogen-bond acceptors (Lipinski definition) is 5. The van der Waals surface area contributed by atoms with Crippen LogP contribution in [0.1, 0.15) is 25.8 Å². The molecular weight excluding hydrogens is 332 g/mol. The van der Waals surface area contributed by atoms with Gasteiger partial charge in [-0.25, -0.2) is 9.78 Å². The number of aromatic amines is 2. The van der Waals surface area contributed by atoms with Gasteiger partial charge in [-0.2, -0.15) is 5.10 Å². The second kappa shape index (κ2) is 6.61. The van der Waals surface area contributed by atoms with Gasteiger partial charge in [-0.05, 0) is 24.6 Å². The predicted molar refractivity (Wildman–Crippen MR) is 102 cm³/mol. The largest absolute Gasteiger partial charge is 0.461 e. The first-order chi connectivity index (χ1) is 12.7. The van der Waals surface area contributed by atoms with E-state index in [0.717, 1.165) is 38.5 Å². The number of ether oxygens (including phenoxy) is 2. The number of rotatable bonds is 5. The first-order valence-electron chi connectivity index (χ1n) is 8.31. The fourth-order valence-corrected chi connectivity index (χ4v) is 3.21. The van der Waals surface area contributed by atoms with Crippen LogP contribution in [0.2, 0.25) is 0 Å². The zero-order valence-electron chi connectivity index (χ0n) is 14.5. The summed E-state index contributed by atoms with van der Waals surface area (Å²) in [6.45, 7) is 2.33. The second-order valence-corrected chi connectivity index (χ2v) is 5.90. The molecule has 0 unspecified atom stereocenters. The van der Waals surface area contributed by atoms with Gasteiger partial charge >= 0.3 is 5.97 Å². The van der Waals surface area contributed by atoms with E-state index in [1.54, 1.807) is 26.4 Å². The van der Waals surface area contributed by atoms with E-state index in [1.165, 1.54) is 0 Å². The standard InChI is InChI=1S/C19H18N4O3.2H2/c1-3-26-19(24)18-14(10-25-2)17-13-6-11(12-7-21-22-8-12)4-5-15(13)23-16(17)9-20-18;;/h4-9,23H,3,10H2,1-2H3,(H,21,22);2*1H. The third-order valence-corrected chi connectivity index (χ3v) is 4.33. The Morgan fingerprint density at radius 3 is 2.85 bits per heavy atom. The van der Waals surface area contributed by atoms with E-state index < -0.39 is 5.97 Å². The number of carbonyl (C=O) groups excluding carboxylic acids is 1. The van der Waals surface area contributed by atoms with Crippen LogP contribution in [0.25, 0.3) is 32.9 Å². The zero-order valence-corrected chi connectivity index (χ0v) is 14.5. The lowest BCUT2D eigenvalue weighted by Gasteiger charge is -2.09. The normalized spacial score (nSPS) is 11.3. The average molecular weight is 354 g/mol. The van der Waals surface area contributed by atoms with Crippen LogP contribution in [0, 0.1) is 0 Å². The summed E-state index contributed by atoms with van der Waals surface area (Å²) in [5, 5.41) is 8.76. The number of methoxy groups -OCH3 is 1. The highest BCUT2D eigenvalue weighted by Crippen LogP contribution is 2.33. The molecule has 0 bridgehead atoms. The molecule has 1 aromatic carbocycles. The van der Waals surface area contributed by atoms with Crippen LogP contribution in [0.4, 0.5) is 0 Å². The number of esters is 1. The van der Waals surface area contributed by atoms with E-state index in [9.17, 15) is 4.79 Å². The molecule has 2 N–H and O–H groups in total. The molecule has 26 heavy (non-hydrogen) atoms. The number of nitrogens with zero attached hydrogens (tertiary/aromatic N) is 2. The Labute approximate surface area is 152 Å². The third-order valence-electron chi connectivity index (χ3n) is 4.33. The molecule has 0 amide bonds. The molecular formula is C19H22N4O3. The third kappa shape index (κ3) is 2.62. The SMILES string of the molecule is CCOC(=O)c1ncc2[nH]c3ccc(-c4cn[nH]c4)cc3c2c1COC.[HH].[HH]. The average Bonchev–Trinajstić information content (AvgIpc) is 3.29. The Balaban J connectivity index is 0.00000140. The van der Waals surface area contributed by atoms with Crippen molar-refractivity contribution in [2.24, 2.45) is 0 Å². The maximum atomic E-state index is 12.3. The fourth-order valence-electron chi connectivity index (χ4n) is 3.21. The van der Waals surface area contributed by atoms with Gasteiger partial charge in [-0.1, -0.05) is 6.07 Å². The van der Waals surface area contributed by atoms with Crippen LogP contribution in [0.5, 0.6) is 0 Å². The lowest BCUT2D eigenvalue weighted by atomic mass is 10.0. The maximum Gasteiger partial charge on any atom is 0.357 e. The molecule has 0 aliphatic rings. The zero-order chi connectivity index (χ0) is 18.1. The molecule has 0 aliphatic carbocycles. The molecule has 0 saturated heterocycles. The van der Waals surface area contributed by atoms with Gasteiger partial charge in [0.25, 0.3) is 0 Å². The molecule has 0 atom stereocenters. The number of H-pyrrole nitrogens is 2. The minimum absolute atomic E-state index is 0. The van der Waals surface area contributed by atoms with Gasteiger partial charge in [0.05, 0.1) is 31.1 Å². The monoisotopic (exact) mass is 354 g/mol. The number of fused-ring (bicyclic) bond motifs is 3. The minimum atomic E-state index is -0.443. The Bertz CT molecular complexity index is 1090. The van der Waals surface area contributed by atoms with Crippen molar-refractivity contribution in [1.29, 1.82) is 0 Å². The highest BCUT2D eigenvalue weighted by atomic mass is 16.5. The molecule has 7 nitrogen and oxygen atoms in total. The Morgan fingerprint density at radius 2 is 2.12 bits per heavy atom. The first kappa shape index (κ1) is 16.3. The van der Waals surface area contributed by atoms with Crippen molar-refractivity contribution in [3.8, 4) is 11.1 Å². The summed E-state index contributed by atoms with van der Waals surface area (Å²) in [4.78, 5) is 20.0. The van der Waals surface area contributed by atoms with Crippen molar-refractivity contribution in [1.82, 2.24) is 20.2 Å². The van der Waals surface area contributed by atoms with Gasteiger partial charge in [0.2, 0.25) is 0 Å². The summed E-state index contributed by atoms with van der Waals surface area (Å²) in [6.07, 6.45) is 5.29. The van der Waals surface area contributed by atoms with E-state index in [-0.39, 0.29) is 15.2 Å². The van der Waals surface area contributed by atoms with E-state index in [4.69, 9.17) is 9.47 Å². The lowest BCUT2D eigenvalue weighted by molar-refractivity contribution is 0.0514. The number of hydrogen-bond donors (Lipinski definition) is 2. The molecule has 0 aliphatic heterocycles. The Hall–Kier alpha value is -3.19. The minimum Gasteiger partial charge on any atom is -0.461 e. The summed E-state index contributed by atoms with van der Waals surface area (Å²) in [6, 6.07) is 6.11. The van der Waals surface area contributed by atoms with Crippen molar-refractivity contribution in [2.45, 2.75) is 13.5 Å². The summed E-state index contributed by atoms with van der Waals surface area (Å²) < 4.78 is 10.5. The van der Waals surface area contributed by atoms with Gasteiger partial charge in [0.15, 0.2) is 5.69 Å². The molecule has 0 fully saturated rings. The highest BCUT2D eigenvalue weighted by molar-refractivity contribution is 6.12. The van der Waals surface area contributed by atoms with Gasteiger partial charge in [-0.3, -0.25) is 5.10 Å². The van der Waals surface area contributed by atoms with Crippen LogP contribution < -0.4 is 0 Å². The first-order valence-corrected chi connectivity index (χ1v) is 8.31. The van der Waals surface area contributed by atoms with E-state index in [2.05, 4.69) is 26.2 Å². The van der Waals surface area contributed by atoms with Crippen LogP contribution in [0.15, 0.2) is 36.8 Å². The number of aromatic nitrogens is 4. The van der Waals surface area contributed by atoms with E-state index >= 15 is 0 Å². The number of carbonyl (C=O) groups is 1. The quantitative estimate of drug-likeness (QED) is 0.530. The highest BCUT2D eigenvalue weighted by Gasteiger charge is 2.20. The molecule has 3 heterocycles. The summed E-state index contributed by atoms with van der Waals surface area (Å²) in [5.74, 6) is -0.443. The number of nitrogens with one attached hydrogen (secondary N) is 2. The maximum absolute atomic E-state index is 12.3. The summed E-state index contributed by atoms with van der Waals surface area (Å²) in [7, 11) is 1.60. The van der Waals surface area contributed by atoms with Crippen LogP contribution in [-0.4, -0.2) is 39.9 Å². The predicted octanol–water partition coefficient (Wildman–Crippen LogP) is 3.92. The smallest absolute Gasteiger partial charge is 0.357 e. The van der Waals surface area contributed by atoms with Crippen molar-refractivity contribution in [2.75, 3.05) is 13.7 Å².